The summed E-state index contributed by atoms with van der Waals surface area (Å²) >= 11 is 0. The summed E-state index contributed by atoms with van der Waals surface area (Å²) in [5.74, 6) is 0.724. The molecule has 0 atom stereocenters. The fourth-order valence-electron chi connectivity index (χ4n) is 1.81. The Hall–Kier alpha value is -3.03. The molecule has 1 aromatic carbocycles. The molecule has 0 aliphatic carbocycles. The number of carboxylic acid groups (broad SMARTS) is 1. The standard InChI is InChI=1S/C14H16N4O4/c1-15-12-11(22-3)7-16-14(18-12)17-9-5-4-8(13(19)20)6-10(9)21-2/h4-7H,1-3H3,(H,19,20)(H2,15,16,17,18). The molecule has 8 nitrogen and oxygen atoms in total. The summed E-state index contributed by atoms with van der Waals surface area (Å²) in [6, 6.07) is 4.48. The van der Waals surface area contributed by atoms with E-state index in [1.165, 1.54) is 32.5 Å². The van der Waals surface area contributed by atoms with Gasteiger partial charge < -0.3 is 25.2 Å². The van der Waals surface area contributed by atoms with Gasteiger partial charge in [0.2, 0.25) is 5.95 Å². The Labute approximate surface area is 127 Å². The molecule has 1 aromatic heterocycles. The second-order valence-electron chi connectivity index (χ2n) is 4.21. The number of carbonyl (C=O) groups is 1. The Morgan fingerprint density at radius 3 is 2.55 bits per heavy atom. The van der Waals surface area contributed by atoms with Crippen LogP contribution in [0.5, 0.6) is 11.5 Å². The van der Waals surface area contributed by atoms with Crippen molar-refractivity contribution in [2.75, 3.05) is 31.9 Å². The molecule has 0 bridgehead atoms. The highest BCUT2D eigenvalue weighted by molar-refractivity contribution is 5.89. The number of nitrogens with zero attached hydrogens (tertiary/aromatic N) is 2. The number of hydrogen-bond donors (Lipinski definition) is 3. The van der Waals surface area contributed by atoms with E-state index in [0.29, 0.717) is 29.0 Å². The third-order valence-corrected chi connectivity index (χ3v) is 2.91. The van der Waals surface area contributed by atoms with Crippen LogP contribution in [0.2, 0.25) is 0 Å². The van der Waals surface area contributed by atoms with Crippen LogP contribution in [-0.2, 0) is 0 Å². The molecule has 0 saturated heterocycles. The zero-order valence-corrected chi connectivity index (χ0v) is 12.4. The minimum absolute atomic E-state index is 0.133. The fourth-order valence-corrected chi connectivity index (χ4v) is 1.81. The number of aromatic nitrogens is 2. The third kappa shape index (κ3) is 3.17. The summed E-state index contributed by atoms with van der Waals surface area (Å²) in [4.78, 5) is 19.4. The number of ether oxygens (including phenoxy) is 2. The third-order valence-electron chi connectivity index (χ3n) is 2.91. The number of methoxy groups -OCH3 is 2. The van der Waals surface area contributed by atoms with E-state index in [1.807, 2.05) is 0 Å². The maximum atomic E-state index is 11.0. The second-order valence-corrected chi connectivity index (χ2v) is 4.21. The zero-order chi connectivity index (χ0) is 16.1. The molecular formula is C14H16N4O4. The van der Waals surface area contributed by atoms with Crippen LogP contribution >= 0.6 is 0 Å². The average molecular weight is 304 g/mol. The number of nitrogens with one attached hydrogen (secondary N) is 2. The van der Waals surface area contributed by atoms with Crippen molar-refractivity contribution in [3.05, 3.63) is 30.0 Å². The maximum Gasteiger partial charge on any atom is 0.335 e. The van der Waals surface area contributed by atoms with Crippen molar-refractivity contribution < 1.29 is 19.4 Å². The molecule has 8 heteroatoms. The van der Waals surface area contributed by atoms with Gasteiger partial charge >= 0.3 is 5.97 Å². The molecule has 22 heavy (non-hydrogen) atoms. The lowest BCUT2D eigenvalue weighted by atomic mass is 10.2. The summed E-state index contributed by atoms with van der Waals surface area (Å²) in [5.41, 5.74) is 0.689. The van der Waals surface area contributed by atoms with Crippen LogP contribution in [0.25, 0.3) is 0 Å². The predicted molar refractivity (Wildman–Crippen MR) is 81.4 cm³/mol. The molecule has 0 spiro atoms. The van der Waals surface area contributed by atoms with Gasteiger partial charge in [-0.05, 0) is 18.2 Å². The first kappa shape index (κ1) is 15.4. The highest BCUT2D eigenvalue weighted by atomic mass is 16.5. The summed E-state index contributed by atoms with van der Waals surface area (Å²) in [6.45, 7) is 0. The van der Waals surface area contributed by atoms with Crippen LogP contribution in [0.3, 0.4) is 0 Å². The SMILES string of the molecule is CNc1nc(Nc2ccc(C(=O)O)cc2OC)ncc1OC. The largest absolute Gasteiger partial charge is 0.495 e. The van der Waals surface area contributed by atoms with Crippen molar-refractivity contribution in [2.24, 2.45) is 0 Å². The Kier molecular flexibility index (Phi) is 4.62. The number of benzene rings is 1. The average Bonchev–Trinajstić information content (AvgIpc) is 2.54. The molecule has 3 N–H and O–H groups in total. The van der Waals surface area contributed by atoms with E-state index >= 15 is 0 Å². The molecule has 0 amide bonds. The molecule has 0 aliphatic heterocycles. The summed E-state index contributed by atoms with van der Waals surface area (Å²) in [5, 5.41) is 14.9. The lowest BCUT2D eigenvalue weighted by Gasteiger charge is -2.12. The van der Waals surface area contributed by atoms with Gasteiger partial charge in [-0.1, -0.05) is 0 Å². The van der Waals surface area contributed by atoms with Crippen molar-refractivity contribution in [3.63, 3.8) is 0 Å². The van der Waals surface area contributed by atoms with Crippen LogP contribution in [0.15, 0.2) is 24.4 Å². The number of anilines is 3. The number of hydrogen-bond acceptors (Lipinski definition) is 7. The normalized spacial score (nSPS) is 9.95. The number of rotatable bonds is 6. The lowest BCUT2D eigenvalue weighted by Crippen LogP contribution is -2.04. The van der Waals surface area contributed by atoms with E-state index < -0.39 is 5.97 Å². The number of aromatic carboxylic acids is 1. The first-order valence-electron chi connectivity index (χ1n) is 6.36. The Morgan fingerprint density at radius 2 is 1.95 bits per heavy atom. The Bertz CT molecular complexity index is 691. The molecule has 0 radical (unpaired) electrons. The summed E-state index contributed by atoms with van der Waals surface area (Å²) in [6.07, 6.45) is 1.53. The van der Waals surface area contributed by atoms with Crippen molar-refractivity contribution in [1.29, 1.82) is 0 Å². The van der Waals surface area contributed by atoms with E-state index in [1.54, 1.807) is 13.1 Å². The van der Waals surface area contributed by atoms with E-state index in [9.17, 15) is 4.79 Å². The van der Waals surface area contributed by atoms with Gasteiger partial charge in [0.05, 0.1) is 31.7 Å². The highest BCUT2D eigenvalue weighted by Crippen LogP contribution is 2.29. The van der Waals surface area contributed by atoms with Crippen LogP contribution in [0.4, 0.5) is 17.5 Å². The summed E-state index contributed by atoms with van der Waals surface area (Å²) in [7, 11) is 4.71. The molecule has 116 valence electrons. The predicted octanol–water partition coefficient (Wildman–Crippen LogP) is 1.98. The Morgan fingerprint density at radius 1 is 1.23 bits per heavy atom. The van der Waals surface area contributed by atoms with Gasteiger partial charge in [-0.15, -0.1) is 0 Å². The zero-order valence-electron chi connectivity index (χ0n) is 12.4. The molecule has 2 aromatic rings. The lowest BCUT2D eigenvalue weighted by molar-refractivity contribution is 0.0696. The number of carboxylic acids is 1. The van der Waals surface area contributed by atoms with Gasteiger partial charge in [-0.2, -0.15) is 4.98 Å². The molecule has 0 saturated carbocycles. The monoisotopic (exact) mass is 304 g/mol. The van der Waals surface area contributed by atoms with Crippen molar-refractivity contribution in [2.45, 2.75) is 0 Å². The van der Waals surface area contributed by atoms with Crippen molar-refractivity contribution in [3.8, 4) is 11.5 Å². The van der Waals surface area contributed by atoms with Gasteiger partial charge in [0.1, 0.15) is 5.75 Å². The quantitative estimate of drug-likeness (QED) is 0.744. The van der Waals surface area contributed by atoms with Crippen LogP contribution < -0.4 is 20.1 Å². The first-order valence-corrected chi connectivity index (χ1v) is 6.36. The maximum absolute atomic E-state index is 11.0. The topological polar surface area (TPSA) is 106 Å². The Balaban J connectivity index is 2.32. The fraction of sp³-hybridized carbons (Fsp3) is 0.214. The van der Waals surface area contributed by atoms with Crippen molar-refractivity contribution in [1.82, 2.24) is 9.97 Å². The minimum Gasteiger partial charge on any atom is -0.495 e. The second kappa shape index (κ2) is 6.61. The van der Waals surface area contributed by atoms with Crippen molar-refractivity contribution >= 4 is 23.4 Å². The molecule has 0 unspecified atom stereocenters. The van der Waals surface area contributed by atoms with Gasteiger partial charge in [-0.3, -0.25) is 0 Å². The van der Waals surface area contributed by atoms with E-state index in [4.69, 9.17) is 14.6 Å². The van der Waals surface area contributed by atoms with Gasteiger partial charge in [0.15, 0.2) is 11.6 Å². The van der Waals surface area contributed by atoms with E-state index in [-0.39, 0.29) is 5.56 Å². The van der Waals surface area contributed by atoms with Crippen LogP contribution in [-0.4, -0.2) is 42.3 Å². The molecule has 2 rings (SSSR count). The van der Waals surface area contributed by atoms with Crippen LogP contribution in [0, 0.1) is 0 Å². The van der Waals surface area contributed by atoms with E-state index in [0.717, 1.165) is 0 Å². The highest BCUT2D eigenvalue weighted by Gasteiger charge is 2.11. The molecule has 0 aliphatic rings. The van der Waals surface area contributed by atoms with Gasteiger partial charge in [-0.25, -0.2) is 9.78 Å². The summed E-state index contributed by atoms with van der Waals surface area (Å²) < 4.78 is 10.3. The van der Waals surface area contributed by atoms with Gasteiger partial charge in [0.25, 0.3) is 0 Å². The molecular weight excluding hydrogens is 288 g/mol. The van der Waals surface area contributed by atoms with Crippen LogP contribution in [0.1, 0.15) is 10.4 Å². The minimum atomic E-state index is -1.02. The van der Waals surface area contributed by atoms with E-state index in [2.05, 4.69) is 20.6 Å². The molecule has 0 fully saturated rings. The molecule has 1 heterocycles. The smallest absolute Gasteiger partial charge is 0.335 e. The van der Waals surface area contributed by atoms with Gasteiger partial charge in [0, 0.05) is 7.05 Å². The first-order chi connectivity index (χ1) is 10.6.